The summed E-state index contributed by atoms with van der Waals surface area (Å²) in [4.78, 5) is 11.9. The molecule has 0 heterocycles. The second kappa shape index (κ2) is 7.24. The van der Waals surface area contributed by atoms with Crippen LogP contribution in [0.5, 0.6) is 5.75 Å². The molecule has 1 atom stereocenters. The van der Waals surface area contributed by atoms with Crippen molar-refractivity contribution in [3.8, 4) is 5.75 Å². The van der Waals surface area contributed by atoms with E-state index < -0.39 is 6.10 Å². The Bertz CT molecular complexity index is 624. The molecule has 0 saturated carbocycles. The van der Waals surface area contributed by atoms with Gasteiger partial charge in [-0.15, -0.1) is 0 Å². The van der Waals surface area contributed by atoms with Crippen molar-refractivity contribution < 1.29 is 9.53 Å². The van der Waals surface area contributed by atoms with Crippen molar-refractivity contribution >= 4 is 12.1 Å². The third-order valence-corrected chi connectivity index (χ3v) is 2.86. The third-order valence-electron chi connectivity index (χ3n) is 2.86. The Kier molecular flexibility index (Phi) is 5.10. The van der Waals surface area contributed by atoms with E-state index in [0.717, 1.165) is 11.1 Å². The number of ether oxygens (including phenoxy) is 1. The molecular weight excluding hydrogens is 264 g/mol. The molecule has 0 unspecified atom stereocenters. The van der Waals surface area contributed by atoms with Gasteiger partial charge < -0.3 is 4.74 Å². The van der Waals surface area contributed by atoms with Crippen molar-refractivity contribution in [2.45, 2.75) is 20.0 Å². The molecule has 0 fully saturated rings. The average Bonchev–Trinajstić information content (AvgIpc) is 2.48. The largest absolute Gasteiger partial charge is 0.481 e. The molecule has 0 spiro atoms. The number of rotatable bonds is 5. The number of carbonyl (C=O) groups excluding carboxylic acids is 1. The molecule has 2 aromatic rings. The van der Waals surface area contributed by atoms with E-state index in [1.165, 1.54) is 0 Å². The van der Waals surface area contributed by atoms with Crippen molar-refractivity contribution in [3.63, 3.8) is 0 Å². The van der Waals surface area contributed by atoms with E-state index in [4.69, 9.17) is 4.74 Å². The molecule has 108 valence electrons. The molecule has 21 heavy (non-hydrogen) atoms. The van der Waals surface area contributed by atoms with Crippen LogP contribution in [0, 0.1) is 6.92 Å². The molecule has 1 N–H and O–H groups in total. The van der Waals surface area contributed by atoms with Crippen molar-refractivity contribution in [3.05, 3.63) is 65.7 Å². The van der Waals surface area contributed by atoms with E-state index in [0.29, 0.717) is 5.75 Å². The van der Waals surface area contributed by atoms with Gasteiger partial charge in [-0.05, 0) is 37.1 Å². The Morgan fingerprint density at radius 2 is 1.95 bits per heavy atom. The fourth-order valence-corrected chi connectivity index (χ4v) is 1.75. The lowest BCUT2D eigenvalue weighted by Crippen LogP contribution is -2.33. The molecule has 0 saturated heterocycles. The van der Waals surface area contributed by atoms with E-state index in [1.807, 2.05) is 61.5 Å². The highest BCUT2D eigenvalue weighted by Crippen LogP contribution is 2.14. The normalized spacial score (nSPS) is 12.1. The van der Waals surface area contributed by atoms with Gasteiger partial charge in [0.25, 0.3) is 5.91 Å². The number of nitrogens with one attached hydrogen (secondary N) is 1. The van der Waals surface area contributed by atoms with Gasteiger partial charge >= 0.3 is 0 Å². The second-order valence-corrected chi connectivity index (χ2v) is 4.72. The molecule has 2 aromatic carbocycles. The zero-order chi connectivity index (χ0) is 15.1. The standard InChI is InChI=1S/C17H18N2O2/c1-13-7-6-10-16(11-13)21-14(2)17(20)19-18-12-15-8-4-3-5-9-15/h3-12,14H,1-2H3,(H,19,20)/b18-12-/t14-/m1/s1. The molecule has 0 aliphatic carbocycles. The SMILES string of the molecule is Cc1cccc(O[C@H](C)C(=O)N/N=C\c2ccccc2)c1. The summed E-state index contributed by atoms with van der Waals surface area (Å²) in [6.07, 6.45) is 0.983. The first kappa shape index (κ1) is 14.8. The zero-order valence-corrected chi connectivity index (χ0v) is 12.1. The van der Waals surface area contributed by atoms with Crippen LogP contribution in [0.3, 0.4) is 0 Å². The lowest BCUT2D eigenvalue weighted by atomic mass is 10.2. The number of hydrogen-bond donors (Lipinski definition) is 1. The van der Waals surface area contributed by atoms with E-state index in [1.54, 1.807) is 13.1 Å². The maximum Gasteiger partial charge on any atom is 0.280 e. The zero-order valence-electron chi connectivity index (χ0n) is 12.1. The van der Waals surface area contributed by atoms with Crippen LogP contribution in [0.15, 0.2) is 59.7 Å². The van der Waals surface area contributed by atoms with Crippen molar-refractivity contribution in [1.82, 2.24) is 5.43 Å². The van der Waals surface area contributed by atoms with E-state index in [9.17, 15) is 4.79 Å². The summed E-state index contributed by atoms with van der Waals surface area (Å²) in [5.74, 6) is 0.383. The lowest BCUT2D eigenvalue weighted by molar-refractivity contribution is -0.127. The average molecular weight is 282 g/mol. The monoisotopic (exact) mass is 282 g/mol. The molecule has 0 radical (unpaired) electrons. The molecule has 4 heteroatoms. The number of hydrazone groups is 1. The minimum atomic E-state index is -0.611. The molecule has 0 bridgehead atoms. The highest BCUT2D eigenvalue weighted by molar-refractivity contribution is 5.84. The topological polar surface area (TPSA) is 50.7 Å². The van der Waals surface area contributed by atoms with E-state index >= 15 is 0 Å². The van der Waals surface area contributed by atoms with Crippen LogP contribution in [0.1, 0.15) is 18.1 Å². The van der Waals surface area contributed by atoms with Crippen molar-refractivity contribution in [2.24, 2.45) is 5.10 Å². The van der Waals surface area contributed by atoms with Crippen molar-refractivity contribution in [2.75, 3.05) is 0 Å². The number of aryl methyl sites for hydroxylation is 1. The summed E-state index contributed by atoms with van der Waals surface area (Å²) >= 11 is 0. The minimum absolute atomic E-state index is 0.288. The number of carbonyl (C=O) groups is 1. The van der Waals surface area contributed by atoms with Crippen molar-refractivity contribution in [1.29, 1.82) is 0 Å². The van der Waals surface area contributed by atoms with Gasteiger partial charge in [-0.3, -0.25) is 4.79 Å². The fraction of sp³-hybridized carbons (Fsp3) is 0.176. The Hall–Kier alpha value is -2.62. The number of hydrogen-bond acceptors (Lipinski definition) is 3. The van der Waals surface area contributed by atoms with Gasteiger partial charge in [0.15, 0.2) is 6.10 Å². The van der Waals surface area contributed by atoms with Crippen LogP contribution in [0.4, 0.5) is 0 Å². The van der Waals surface area contributed by atoms with Gasteiger partial charge in [0.1, 0.15) is 5.75 Å². The summed E-state index contributed by atoms with van der Waals surface area (Å²) in [5, 5.41) is 3.92. The maximum absolute atomic E-state index is 11.9. The summed E-state index contributed by atoms with van der Waals surface area (Å²) in [6.45, 7) is 3.66. The van der Waals surface area contributed by atoms with Crippen LogP contribution in [0.25, 0.3) is 0 Å². The van der Waals surface area contributed by atoms with Gasteiger partial charge in [-0.25, -0.2) is 5.43 Å². The predicted octanol–water partition coefficient (Wildman–Crippen LogP) is 2.91. The predicted molar refractivity (Wildman–Crippen MR) is 83.4 cm³/mol. The number of amides is 1. The number of nitrogens with zero attached hydrogens (tertiary/aromatic N) is 1. The van der Waals surface area contributed by atoms with Gasteiger partial charge in [-0.1, -0.05) is 42.5 Å². The Morgan fingerprint density at radius 3 is 2.67 bits per heavy atom. The smallest absolute Gasteiger partial charge is 0.280 e. The highest BCUT2D eigenvalue weighted by Gasteiger charge is 2.13. The Labute approximate surface area is 124 Å². The highest BCUT2D eigenvalue weighted by atomic mass is 16.5. The molecular formula is C17H18N2O2. The minimum Gasteiger partial charge on any atom is -0.481 e. The van der Waals surface area contributed by atoms with Crippen LogP contribution in [-0.2, 0) is 4.79 Å². The molecule has 0 aliphatic heterocycles. The molecule has 0 aromatic heterocycles. The fourth-order valence-electron chi connectivity index (χ4n) is 1.75. The molecule has 0 aliphatic rings. The van der Waals surface area contributed by atoms with E-state index in [2.05, 4.69) is 10.5 Å². The molecule has 1 amide bonds. The van der Waals surface area contributed by atoms with Gasteiger partial charge in [0, 0.05) is 0 Å². The first-order chi connectivity index (χ1) is 10.1. The first-order valence-corrected chi connectivity index (χ1v) is 6.76. The lowest BCUT2D eigenvalue weighted by Gasteiger charge is -2.13. The van der Waals surface area contributed by atoms with Crippen LogP contribution >= 0.6 is 0 Å². The summed E-state index contributed by atoms with van der Waals surface area (Å²) in [7, 11) is 0. The number of benzene rings is 2. The van der Waals surface area contributed by atoms with Gasteiger partial charge in [0.2, 0.25) is 0 Å². The van der Waals surface area contributed by atoms with Gasteiger partial charge in [0.05, 0.1) is 6.21 Å². The quantitative estimate of drug-likeness (QED) is 0.677. The van der Waals surface area contributed by atoms with Crippen LogP contribution in [-0.4, -0.2) is 18.2 Å². The third kappa shape index (κ3) is 4.76. The Balaban J connectivity index is 1.87. The van der Waals surface area contributed by atoms with Crippen LogP contribution < -0.4 is 10.2 Å². The Morgan fingerprint density at radius 1 is 1.19 bits per heavy atom. The summed E-state index contributed by atoms with van der Waals surface area (Å²) in [5.41, 5.74) is 4.48. The first-order valence-electron chi connectivity index (χ1n) is 6.76. The molecule has 4 nitrogen and oxygen atoms in total. The van der Waals surface area contributed by atoms with E-state index in [-0.39, 0.29) is 5.91 Å². The summed E-state index contributed by atoms with van der Waals surface area (Å²) in [6, 6.07) is 17.1. The molecule has 2 rings (SSSR count). The van der Waals surface area contributed by atoms with Crippen LogP contribution in [0.2, 0.25) is 0 Å². The second-order valence-electron chi connectivity index (χ2n) is 4.72. The maximum atomic E-state index is 11.9. The van der Waals surface area contributed by atoms with Gasteiger partial charge in [-0.2, -0.15) is 5.10 Å². The summed E-state index contributed by atoms with van der Waals surface area (Å²) < 4.78 is 5.57.